The molecule has 1 unspecified atom stereocenters. The third-order valence-electron chi connectivity index (χ3n) is 2.92. The monoisotopic (exact) mass is 312 g/mol. The van der Waals surface area contributed by atoms with Crippen LogP contribution in [0.25, 0.3) is 0 Å². The molecule has 0 saturated carbocycles. The Kier molecular flexibility index (Phi) is 4.21. The molecular weight excluding hydrogens is 296 g/mol. The Hall–Kier alpha value is -1.11. The maximum atomic E-state index is 5.64. The van der Waals surface area contributed by atoms with Gasteiger partial charge in [0.25, 0.3) is 0 Å². The summed E-state index contributed by atoms with van der Waals surface area (Å²) in [5, 5.41) is 4.43. The number of nitrogens with two attached hydrogens (primary N) is 1. The van der Waals surface area contributed by atoms with Gasteiger partial charge in [0.1, 0.15) is 0 Å². The molecule has 0 aromatic carbocycles. The van der Waals surface area contributed by atoms with Crippen LogP contribution in [0.4, 0.5) is 0 Å². The van der Waals surface area contributed by atoms with Crippen LogP contribution in [0.15, 0.2) is 27.5 Å². The van der Waals surface area contributed by atoms with E-state index in [-0.39, 0.29) is 6.04 Å². The molecule has 2 aromatic rings. The molecule has 18 heavy (non-hydrogen) atoms. The summed E-state index contributed by atoms with van der Waals surface area (Å²) in [4.78, 5) is 0. The topological polar surface area (TPSA) is 69.0 Å². The number of furan rings is 1. The number of nitrogens with zero attached hydrogens (tertiary/aromatic N) is 2. The summed E-state index contributed by atoms with van der Waals surface area (Å²) in [7, 11) is 0. The minimum absolute atomic E-state index is 0.000440. The van der Waals surface area contributed by atoms with Crippen molar-refractivity contribution in [1.82, 2.24) is 15.2 Å². The Bertz CT molecular complexity index is 520. The van der Waals surface area contributed by atoms with Crippen LogP contribution < -0.4 is 11.3 Å². The third-order valence-corrected chi connectivity index (χ3v) is 3.57. The van der Waals surface area contributed by atoms with Gasteiger partial charge in [-0.3, -0.25) is 16.0 Å². The van der Waals surface area contributed by atoms with E-state index in [4.69, 9.17) is 10.3 Å². The van der Waals surface area contributed by atoms with Gasteiger partial charge in [-0.25, -0.2) is 0 Å². The molecule has 98 valence electrons. The van der Waals surface area contributed by atoms with Crippen molar-refractivity contribution in [2.75, 3.05) is 0 Å². The van der Waals surface area contributed by atoms with E-state index in [9.17, 15) is 0 Å². The van der Waals surface area contributed by atoms with Crippen LogP contribution in [0.5, 0.6) is 0 Å². The molecule has 6 heteroatoms. The lowest BCUT2D eigenvalue weighted by atomic mass is 10.1. The second-order valence-corrected chi connectivity index (χ2v) is 4.89. The van der Waals surface area contributed by atoms with Crippen LogP contribution in [0.1, 0.15) is 29.9 Å². The second-order valence-electron chi connectivity index (χ2n) is 4.17. The average Bonchev–Trinajstić information content (AvgIpc) is 2.92. The van der Waals surface area contributed by atoms with Crippen molar-refractivity contribution in [2.24, 2.45) is 5.84 Å². The Morgan fingerprint density at radius 2 is 2.39 bits per heavy atom. The molecule has 2 heterocycles. The Morgan fingerprint density at radius 1 is 1.61 bits per heavy atom. The molecule has 0 aliphatic rings. The minimum Gasteiger partial charge on any atom is -0.457 e. The number of hydrogen-bond donors (Lipinski definition) is 2. The summed E-state index contributed by atoms with van der Waals surface area (Å²) in [6.07, 6.45) is 2.41. The maximum Gasteiger partial charge on any atom is 0.173 e. The lowest BCUT2D eigenvalue weighted by molar-refractivity contribution is 0.492. The molecule has 3 N–H and O–H groups in total. The van der Waals surface area contributed by atoms with E-state index in [1.807, 2.05) is 17.7 Å². The van der Waals surface area contributed by atoms with E-state index >= 15 is 0 Å². The molecule has 0 saturated heterocycles. The van der Waals surface area contributed by atoms with Crippen LogP contribution >= 0.6 is 15.9 Å². The summed E-state index contributed by atoms with van der Waals surface area (Å²) in [5.41, 5.74) is 6.02. The van der Waals surface area contributed by atoms with Gasteiger partial charge in [-0.2, -0.15) is 5.10 Å². The van der Waals surface area contributed by atoms with E-state index in [0.717, 1.165) is 29.9 Å². The number of rotatable bonds is 5. The smallest absolute Gasteiger partial charge is 0.173 e. The highest BCUT2D eigenvalue weighted by molar-refractivity contribution is 9.10. The third kappa shape index (κ3) is 2.66. The zero-order valence-corrected chi connectivity index (χ0v) is 12.1. The number of aryl methyl sites for hydroxylation is 2. The highest BCUT2D eigenvalue weighted by Crippen LogP contribution is 2.26. The summed E-state index contributed by atoms with van der Waals surface area (Å²) in [5.74, 6) is 5.64. The predicted molar refractivity (Wildman–Crippen MR) is 72.8 cm³/mol. The van der Waals surface area contributed by atoms with Gasteiger partial charge in [0, 0.05) is 24.2 Å². The molecule has 2 rings (SSSR count). The molecule has 0 aliphatic heterocycles. The second kappa shape index (κ2) is 5.69. The molecule has 0 amide bonds. The van der Waals surface area contributed by atoms with Gasteiger partial charge in [-0.1, -0.05) is 0 Å². The van der Waals surface area contributed by atoms with Crippen LogP contribution in [-0.4, -0.2) is 9.78 Å². The van der Waals surface area contributed by atoms with Gasteiger partial charge in [-0.05, 0) is 41.9 Å². The van der Waals surface area contributed by atoms with Gasteiger partial charge >= 0.3 is 0 Å². The van der Waals surface area contributed by atoms with Crippen molar-refractivity contribution in [1.29, 1.82) is 0 Å². The number of nitrogens with one attached hydrogen (secondary N) is 1. The molecule has 2 aromatic heterocycles. The molecule has 0 aliphatic carbocycles. The SMILES string of the molecule is CCn1nc(C)cc1CC(NN)c1ccoc1Br. The molecular formula is C12H17BrN4O. The van der Waals surface area contributed by atoms with Crippen LogP contribution in [0, 0.1) is 6.92 Å². The Morgan fingerprint density at radius 3 is 2.94 bits per heavy atom. The Balaban J connectivity index is 2.23. The molecule has 0 fully saturated rings. The van der Waals surface area contributed by atoms with Crippen LogP contribution in [0.2, 0.25) is 0 Å². The number of hydrogen-bond acceptors (Lipinski definition) is 4. The van der Waals surface area contributed by atoms with Gasteiger partial charge in [0.05, 0.1) is 18.0 Å². The first-order chi connectivity index (χ1) is 8.65. The van der Waals surface area contributed by atoms with E-state index in [1.165, 1.54) is 0 Å². The first kappa shape index (κ1) is 13.3. The van der Waals surface area contributed by atoms with E-state index in [2.05, 4.69) is 39.4 Å². The normalized spacial score (nSPS) is 12.9. The predicted octanol–water partition coefficient (Wildman–Crippen LogP) is 2.31. The summed E-state index contributed by atoms with van der Waals surface area (Å²) in [6, 6.07) is 4.00. The van der Waals surface area contributed by atoms with E-state index in [0.29, 0.717) is 4.67 Å². The first-order valence-electron chi connectivity index (χ1n) is 5.88. The van der Waals surface area contributed by atoms with Crippen molar-refractivity contribution in [3.05, 3.63) is 40.0 Å². The summed E-state index contributed by atoms with van der Waals surface area (Å²) < 4.78 is 7.95. The summed E-state index contributed by atoms with van der Waals surface area (Å²) in [6.45, 7) is 4.93. The standard InChI is InChI=1S/C12H17BrN4O/c1-3-17-9(6-8(2)16-17)7-11(15-14)10-4-5-18-12(10)13/h4-6,11,15H,3,7,14H2,1-2H3. The molecule has 5 nitrogen and oxygen atoms in total. The minimum atomic E-state index is -0.000440. The summed E-state index contributed by atoms with van der Waals surface area (Å²) >= 11 is 3.38. The van der Waals surface area contributed by atoms with Crippen molar-refractivity contribution < 1.29 is 4.42 Å². The highest BCUT2D eigenvalue weighted by atomic mass is 79.9. The molecule has 0 spiro atoms. The van der Waals surface area contributed by atoms with Crippen LogP contribution in [-0.2, 0) is 13.0 Å². The lowest BCUT2D eigenvalue weighted by Crippen LogP contribution is -2.30. The largest absolute Gasteiger partial charge is 0.457 e. The fourth-order valence-corrected chi connectivity index (χ4v) is 2.58. The number of aromatic nitrogens is 2. The average molecular weight is 313 g/mol. The highest BCUT2D eigenvalue weighted by Gasteiger charge is 2.18. The van der Waals surface area contributed by atoms with E-state index in [1.54, 1.807) is 6.26 Å². The quantitative estimate of drug-likeness (QED) is 0.656. The van der Waals surface area contributed by atoms with E-state index < -0.39 is 0 Å². The van der Waals surface area contributed by atoms with Gasteiger partial charge in [0.15, 0.2) is 4.67 Å². The van der Waals surface area contributed by atoms with Crippen molar-refractivity contribution in [2.45, 2.75) is 32.9 Å². The van der Waals surface area contributed by atoms with Crippen LogP contribution in [0.3, 0.4) is 0 Å². The zero-order valence-electron chi connectivity index (χ0n) is 10.5. The van der Waals surface area contributed by atoms with Crippen molar-refractivity contribution in [3.63, 3.8) is 0 Å². The zero-order chi connectivity index (χ0) is 13.1. The van der Waals surface area contributed by atoms with Gasteiger partial charge < -0.3 is 4.42 Å². The number of hydrazine groups is 1. The van der Waals surface area contributed by atoms with Crippen molar-refractivity contribution in [3.8, 4) is 0 Å². The Labute approximate surface area is 114 Å². The maximum absolute atomic E-state index is 5.64. The number of halogens is 1. The fourth-order valence-electron chi connectivity index (χ4n) is 2.06. The lowest BCUT2D eigenvalue weighted by Gasteiger charge is -2.15. The molecule has 1 atom stereocenters. The van der Waals surface area contributed by atoms with Crippen molar-refractivity contribution >= 4 is 15.9 Å². The van der Waals surface area contributed by atoms with Gasteiger partial charge in [-0.15, -0.1) is 0 Å². The fraction of sp³-hybridized carbons (Fsp3) is 0.417. The molecule has 0 bridgehead atoms. The molecule has 0 radical (unpaired) electrons. The van der Waals surface area contributed by atoms with Gasteiger partial charge in [0.2, 0.25) is 0 Å². The first-order valence-corrected chi connectivity index (χ1v) is 6.67.